The number of nitro benzene ring substituents is 1. The maximum Gasteiger partial charge on any atom is 0.270 e. The summed E-state index contributed by atoms with van der Waals surface area (Å²) in [4.78, 5) is 10.2. The van der Waals surface area contributed by atoms with Gasteiger partial charge in [0.25, 0.3) is 5.69 Å². The lowest BCUT2D eigenvalue weighted by Gasteiger charge is -2.02. The minimum absolute atomic E-state index is 0.0625. The summed E-state index contributed by atoms with van der Waals surface area (Å²) in [6.07, 6.45) is 2.31. The molecule has 0 amide bonds. The molecule has 0 unspecified atom stereocenters. The number of nitrogens with one attached hydrogen (secondary N) is 1. The van der Waals surface area contributed by atoms with Crippen LogP contribution in [0.15, 0.2) is 47.6 Å². The Morgan fingerprint density at radius 3 is 2.62 bits per heavy atom. The Kier molecular flexibility index (Phi) is 4.50. The molecule has 6 nitrogen and oxygen atoms in total. The summed E-state index contributed by atoms with van der Waals surface area (Å²) in [5.41, 5.74) is 5.01. The molecule has 0 aliphatic heterocycles. The normalized spacial score (nSPS) is 10.7. The molecule has 0 saturated carbocycles. The van der Waals surface area contributed by atoms with Gasteiger partial charge in [-0.3, -0.25) is 15.5 Å². The van der Waals surface area contributed by atoms with Gasteiger partial charge in [-0.1, -0.05) is 19.1 Å². The Labute approximate surface area is 121 Å². The molecule has 0 aliphatic rings. The van der Waals surface area contributed by atoms with E-state index in [1.807, 2.05) is 24.3 Å². The van der Waals surface area contributed by atoms with Crippen LogP contribution in [0.25, 0.3) is 0 Å². The molecule has 2 aromatic carbocycles. The highest BCUT2D eigenvalue weighted by atomic mass is 16.6. The highest BCUT2D eigenvalue weighted by molar-refractivity contribution is 5.84. The zero-order chi connectivity index (χ0) is 15.2. The van der Waals surface area contributed by atoms with E-state index in [1.165, 1.54) is 30.0 Å². The molecule has 21 heavy (non-hydrogen) atoms. The third-order valence-corrected chi connectivity index (χ3v) is 2.98. The number of hydrogen-bond donors (Lipinski definition) is 2. The van der Waals surface area contributed by atoms with Crippen LogP contribution in [0.1, 0.15) is 18.1 Å². The van der Waals surface area contributed by atoms with Crippen LogP contribution in [0, 0.1) is 10.1 Å². The molecule has 0 aromatic heterocycles. The monoisotopic (exact) mass is 285 g/mol. The highest BCUT2D eigenvalue weighted by Crippen LogP contribution is 2.21. The number of anilines is 1. The smallest absolute Gasteiger partial charge is 0.270 e. The van der Waals surface area contributed by atoms with E-state index in [1.54, 1.807) is 0 Å². The largest absolute Gasteiger partial charge is 0.507 e. The molecule has 0 heterocycles. The van der Waals surface area contributed by atoms with Crippen molar-refractivity contribution in [3.63, 3.8) is 0 Å². The van der Waals surface area contributed by atoms with Crippen molar-refractivity contribution in [1.82, 2.24) is 0 Å². The van der Waals surface area contributed by atoms with Gasteiger partial charge >= 0.3 is 0 Å². The van der Waals surface area contributed by atoms with Crippen LogP contribution in [0.2, 0.25) is 0 Å². The second-order valence-corrected chi connectivity index (χ2v) is 4.42. The Bertz CT molecular complexity index is 666. The van der Waals surface area contributed by atoms with Gasteiger partial charge in [0.05, 0.1) is 16.8 Å². The number of hydrazone groups is 1. The number of phenolic OH excluding ortho intramolecular Hbond substituents is 1. The van der Waals surface area contributed by atoms with Crippen molar-refractivity contribution in [2.24, 2.45) is 5.10 Å². The van der Waals surface area contributed by atoms with Gasteiger partial charge in [-0.05, 0) is 30.2 Å². The molecule has 0 fully saturated rings. The Morgan fingerprint density at radius 2 is 2.00 bits per heavy atom. The third kappa shape index (κ3) is 3.79. The lowest BCUT2D eigenvalue weighted by atomic mass is 10.2. The fourth-order valence-corrected chi connectivity index (χ4v) is 1.75. The number of nitro groups is 1. The van der Waals surface area contributed by atoms with Crippen LogP contribution in [0.4, 0.5) is 11.4 Å². The predicted molar refractivity (Wildman–Crippen MR) is 81.8 cm³/mol. The number of non-ortho nitro benzene ring substituents is 1. The maximum atomic E-state index is 10.7. The van der Waals surface area contributed by atoms with Gasteiger partial charge in [-0.25, -0.2) is 0 Å². The predicted octanol–water partition coefficient (Wildman–Crippen LogP) is 3.31. The summed E-state index contributed by atoms with van der Waals surface area (Å²) >= 11 is 0. The number of aromatic hydroxyl groups is 1. The maximum absolute atomic E-state index is 10.7. The SMILES string of the molecule is CCc1ccc(N/N=C/c2cc([N+](=O)[O-])ccc2O)cc1. The van der Waals surface area contributed by atoms with Gasteiger partial charge in [-0.2, -0.15) is 5.10 Å². The van der Waals surface area contributed by atoms with Crippen LogP contribution >= 0.6 is 0 Å². The fraction of sp³-hybridized carbons (Fsp3) is 0.133. The lowest BCUT2D eigenvalue weighted by molar-refractivity contribution is -0.384. The molecule has 108 valence electrons. The lowest BCUT2D eigenvalue weighted by Crippen LogP contribution is -1.93. The van der Waals surface area contributed by atoms with E-state index in [2.05, 4.69) is 17.5 Å². The molecule has 0 bridgehead atoms. The van der Waals surface area contributed by atoms with E-state index < -0.39 is 4.92 Å². The van der Waals surface area contributed by atoms with Crippen molar-refractivity contribution in [3.8, 4) is 5.75 Å². The summed E-state index contributed by atoms with van der Waals surface area (Å²) in [5, 5.41) is 24.3. The summed E-state index contributed by atoms with van der Waals surface area (Å²) in [7, 11) is 0. The number of nitrogens with zero attached hydrogens (tertiary/aromatic N) is 2. The molecule has 0 radical (unpaired) electrons. The van der Waals surface area contributed by atoms with Gasteiger partial charge < -0.3 is 5.11 Å². The molecule has 2 N–H and O–H groups in total. The van der Waals surface area contributed by atoms with Gasteiger partial charge in [-0.15, -0.1) is 0 Å². The minimum Gasteiger partial charge on any atom is -0.507 e. The van der Waals surface area contributed by atoms with Crippen molar-refractivity contribution in [3.05, 3.63) is 63.7 Å². The number of phenols is 1. The number of aryl methyl sites for hydroxylation is 1. The van der Waals surface area contributed by atoms with Crippen LogP contribution in [0.3, 0.4) is 0 Å². The summed E-state index contributed by atoms with van der Waals surface area (Å²) < 4.78 is 0. The van der Waals surface area contributed by atoms with Crippen LogP contribution < -0.4 is 5.43 Å². The molecular weight excluding hydrogens is 270 g/mol. The second kappa shape index (κ2) is 6.51. The molecule has 0 saturated heterocycles. The van der Waals surface area contributed by atoms with Crippen molar-refractivity contribution < 1.29 is 10.0 Å². The highest BCUT2D eigenvalue weighted by Gasteiger charge is 2.08. The van der Waals surface area contributed by atoms with E-state index in [0.29, 0.717) is 0 Å². The number of hydrogen-bond acceptors (Lipinski definition) is 5. The zero-order valence-electron chi connectivity index (χ0n) is 11.5. The molecule has 6 heteroatoms. The van der Waals surface area contributed by atoms with Gasteiger partial charge in [0.2, 0.25) is 0 Å². The summed E-state index contributed by atoms with van der Waals surface area (Å²) in [6.45, 7) is 2.08. The topological polar surface area (TPSA) is 87.8 Å². The first-order chi connectivity index (χ1) is 10.1. The second-order valence-electron chi connectivity index (χ2n) is 4.42. The standard InChI is InChI=1S/C15H15N3O3/c1-2-11-3-5-13(6-4-11)17-16-10-12-9-14(18(20)21)7-8-15(12)19/h3-10,17,19H,2H2,1H3/b16-10+. The number of benzene rings is 2. The van der Waals surface area contributed by atoms with Crippen molar-refractivity contribution in [2.75, 3.05) is 5.43 Å². The molecular formula is C15H15N3O3. The van der Waals surface area contributed by atoms with Gasteiger partial charge in [0, 0.05) is 17.7 Å². The summed E-state index contributed by atoms with van der Waals surface area (Å²) in [5.74, 6) is -0.0625. The van der Waals surface area contributed by atoms with E-state index >= 15 is 0 Å². The zero-order valence-corrected chi connectivity index (χ0v) is 11.5. The number of rotatable bonds is 5. The van der Waals surface area contributed by atoms with Crippen LogP contribution in [-0.4, -0.2) is 16.2 Å². The van der Waals surface area contributed by atoms with Gasteiger partial charge in [0.15, 0.2) is 0 Å². The van der Waals surface area contributed by atoms with Crippen LogP contribution in [-0.2, 0) is 6.42 Å². The van der Waals surface area contributed by atoms with Crippen molar-refractivity contribution >= 4 is 17.6 Å². The van der Waals surface area contributed by atoms with Crippen LogP contribution in [0.5, 0.6) is 5.75 Å². The molecule has 0 aliphatic carbocycles. The Hall–Kier alpha value is -2.89. The van der Waals surface area contributed by atoms with E-state index in [4.69, 9.17) is 0 Å². The molecule has 2 aromatic rings. The third-order valence-electron chi connectivity index (χ3n) is 2.98. The first-order valence-electron chi connectivity index (χ1n) is 6.45. The van der Waals surface area contributed by atoms with Crippen molar-refractivity contribution in [1.29, 1.82) is 0 Å². The van der Waals surface area contributed by atoms with E-state index in [9.17, 15) is 15.2 Å². The van der Waals surface area contributed by atoms with E-state index in [0.717, 1.165) is 12.1 Å². The van der Waals surface area contributed by atoms with E-state index in [-0.39, 0.29) is 17.0 Å². The van der Waals surface area contributed by atoms with Gasteiger partial charge in [0.1, 0.15) is 5.75 Å². The Morgan fingerprint density at radius 1 is 1.29 bits per heavy atom. The molecule has 2 rings (SSSR count). The molecule has 0 spiro atoms. The average molecular weight is 285 g/mol. The Balaban J connectivity index is 2.09. The van der Waals surface area contributed by atoms with Crippen molar-refractivity contribution in [2.45, 2.75) is 13.3 Å². The quantitative estimate of drug-likeness (QED) is 0.501. The summed E-state index contributed by atoms with van der Waals surface area (Å²) in [6, 6.07) is 11.5. The first-order valence-corrected chi connectivity index (χ1v) is 6.45. The molecule has 0 atom stereocenters. The average Bonchev–Trinajstić information content (AvgIpc) is 2.49. The first kappa shape index (κ1) is 14.5. The fourth-order valence-electron chi connectivity index (χ4n) is 1.75. The minimum atomic E-state index is -0.520.